The number of ether oxygens (including phenoxy) is 3. The summed E-state index contributed by atoms with van der Waals surface area (Å²) in [5.41, 5.74) is 3.82. The van der Waals surface area contributed by atoms with Crippen LogP contribution in [0.5, 0.6) is 17.2 Å². The van der Waals surface area contributed by atoms with Crippen molar-refractivity contribution >= 4 is 11.8 Å². The predicted molar refractivity (Wildman–Crippen MR) is 166 cm³/mol. The fourth-order valence-corrected chi connectivity index (χ4v) is 5.46. The van der Waals surface area contributed by atoms with Gasteiger partial charge in [0.25, 0.3) is 0 Å². The highest BCUT2D eigenvalue weighted by Gasteiger charge is 2.20. The smallest absolute Gasteiger partial charge is 0.234 e. The largest absolute Gasteiger partial charge is 0.493 e. The molecule has 234 valence electrons. The molecular formula is C35H42FN3O5. The zero-order chi connectivity index (χ0) is 30.9. The van der Waals surface area contributed by atoms with E-state index in [0.29, 0.717) is 63.7 Å². The topological polar surface area (TPSA) is 80.3 Å². The van der Waals surface area contributed by atoms with Crippen molar-refractivity contribution in [2.24, 2.45) is 0 Å². The fourth-order valence-electron chi connectivity index (χ4n) is 5.46. The Hall–Kier alpha value is -4.11. The van der Waals surface area contributed by atoms with Gasteiger partial charge in [0.1, 0.15) is 11.6 Å². The number of nitrogens with zero attached hydrogens (tertiary/aromatic N) is 2. The van der Waals surface area contributed by atoms with E-state index in [1.165, 1.54) is 12.1 Å². The van der Waals surface area contributed by atoms with Crippen molar-refractivity contribution in [3.63, 3.8) is 0 Å². The van der Waals surface area contributed by atoms with Gasteiger partial charge < -0.3 is 24.4 Å². The number of carbonyl (C=O) groups is 2. The minimum absolute atomic E-state index is 0.00672. The van der Waals surface area contributed by atoms with Crippen LogP contribution in [-0.4, -0.2) is 54.1 Å². The Labute approximate surface area is 259 Å². The van der Waals surface area contributed by atoms with E-state index in [4.69, 9.17) is 14.2 Å². The molecule has 2 aliphatic rings. The number of rotatable bonds is 8. The molecule has 5 rings (SSSR count). The van der Waals surface area contributed by atoms with Crippen LogP contribution in [0.25, 0.3) is 0 Å². The van der Waals surface area contributed by atoms with Gasteiger partial charge in [-0.2, -0.15) is 0 Å². The lowest BCUT2D eigenvalue weighted by Crippen LogP contribution is -2.40. The minimum Gasteiger partial charge on any atom is -0.493 e. The van der Waals surface area contributed by atoms with E-state index in [0.717, 1.165) is 47.3 Å². The second-order valence-electron chi connectivity index (χ2n) is 11.8. The summed E-state index contributed by atoms with van der Waals surface area (Å²) >= 11 is 0. The summed E-state index contributed by atoms with van der Waals surface area (Å²) in [7, 11) is 0. The third-order valence-corrected chi connectivity index (χ3v) is 8.05. The van der Waals surface area contributed by atoms with Gasteiger partial charge in [0.05, 0.1) is 13.2 Å². The molecule has 0 fully saturated rings. The van der Waals surface area contributed by atoms with E-state index in [2.05, 4.69) is 30.1 Å². The molecule has 3 aromatic rings. The summed E-state index contributed by atoms with van der Waals surface area (Å²) in [5.74, 6) is 1.90. The molecule has 0 saturated heterocycles. The number of carbonyl (C=O) groups excluding carboxylic acids is 2. The van der Waals surface area contributed by atoms with E-state index in [1.807, 2.05) is 30.3 Å². The van der Waals surface area contributed by atoms with Gasteiger partial charge in [-0.15, -0.1) is 0 Å². The third kappa shape index (κ3) is 8.72. The number of hydrogen-bond acceptors (Lipinski definition) is 6. The van der Waals surface area contributed by atoms with Crippen molar-refractivity contribution in [3.8, 4) is 17.2 Å². The summed E-state index contributed by atoms with van der Waals surface area (Å²) in [5, 5.41) is 3.04. The van der Waals surface area contributed by atoms with E-state index >= 15 is 0 Å². The van der Waals surface area contributed by atoms with Crippen molar-refractivity contribution in [1.82, 2.24) is 15.1 Å². The van der Waals surface area contributed by atoms with Crippen molar-refractivity contribution in [1.29, 1.82) is 0 Å². The quantitative estimate of drug-likeness (QED) is 0.361. The Kier molecular flexibility index (Phi) is 10.7. The summed E-state index contributed by atoms with van der Waals surface area (Å²) in [6.07, 6.45) is 3.71. The normalized spacial score (nSPS) is 15.8. The van der Waals surface area contributed by atoms with Crippen LogP contribution < -0.4 is 19.5 Å². The maximum Gasteiger partial charge on any atom is 0.234 e. The highest BCUT2D eigenvalue weighted by atomic mass is 19.1. The summed E-state index contributed by atoms with van der Waals surface area (Å²) in [4.78, 5) is 30.2. The molecule has 0 spiro atoms. The van der Waals surface area contributed by atoms with Crippen molar-refractivity contribution in [2.75, 3.05) is 26.5 Å². The van der Waals surface area contributed by atoms with Crippen LogP contribution in [0.3, 0.4) is 0 Å². The minimum atomic E-state index is -0.310. The number of amides is 2. The summed E-state index contributed by atoms with van der Waals surface area (Å²) in [6.45, 7) is 7.30. The first-order valence-corrected chi connectivity index (χ1v) is 15.5. The Morgan fingerprint density at radius 3 is 2.41 bits per heavy atom. The molecule has 0 aliphatic carbocycles. The molecule has 2 heterocycles. The molecule has 0 bridgehead atoms. The number of hydrogen-bond donors (Lipinski definition) is 1. The molecule has 0 aromatic heterocycles. The highest BCUT2D eigenvalue weighted by molar-refractivity contribution is 5.78. The van der Waals surface area contributed by atoms with Crippen LogP contribution in [0.15, 0.2) is 60.7 Å². The number of fused-ring (bicyclic) bond motifs is 2. The van der Waals surface area contributed by atoms with Gasteiger partial charge in [-0.05, 0) is 86.6 Å². The van der Waals surface area contributed by atoms with Crippen LogP contribution in [0.4, 0.5) is 4.39 Å². The number of halogens is 1. The molecule has 8 nitrogen and oxygen atoms in total. The number of aryl methyl sites for hydroxylation is 1. The van der Waals surface area contributed by atoms with E-state index in [1.54, 1.807) is 17.0 Å². The zero-order valence-corrected chi connectivity index (χ0v) is 25.6. The van der Waals surface area contributed by atoms with Gasteiger partial charge in [-0.25, -0.2) is 4.39 Å². The molecule has 0 unspecified atom stereocenters. The Balaban J connectivity index is 1.31. The Morgan fingerprint density at radius 1 is 0.864 bits per heavy atom. The maximum absolute atomic E-state index is 13.7. The van der Waals surface area contributed by atoms with Crippen molar-refractivity contribution in [3.05, 3.63) is 88.7 Å². The van der Waals surface area contributed by atoms with E-state index in [9.17, 15) is 14.0 Å². The first-order valence-electron chi connectivity index (χ1n) is 15.5. The summed E-state index contributed by atoms with van der Waals surface area (Å²) < 4.78 is 30.8. The molecule has 9 heteroatoms. The first kappa shape index (κ1) is 31.3. The van der Waals surface area contributed by atoms with Crippen LogP contribution in [0, 0.1) is 5.82 Å². The SMILES string of the molecule is CC(C)N1CC(=O)NCCCCCOc2ccc(CCC(=O)N(Cc3ccc(F)cc3)Cc3ccc4c(c3)OCO4)cc2C1. The molecule has 1 N–H and O–H groups in total. The predicted octanol–water partition coefficient (Wildman–Crippen LogP) is 5.61. The van der Waals surface area contributed by atoms with Gasteiger partial charge in [-0.3, -0.25) is 14.5 Å². The molecule has 44 heavy (non-hydrogen) atoms. The summed E-state index contributed by atoms with van der Waals surface area (Å²) in [6, 6.07) is 18.2. The lowest BCUT2D eigenvalue weighted by Gasteiger charge is -2.27. The van der Waals surface area contributed by atoms with Crippen LogP contribution in [-0.2, 0) is 35.6 Å². The molecule has 0 saturated carbocycles. The average Bonchev–Trinajstić information content (AvgIpc) is 3.48. The zero-order valence-electron chi connectivity index (χ0n) is 25.6. The average molecular weight is 604 g/mol. The lowest BCUT2D eigenvalue weighted by molar-refractivity contribution is -0.132. The van der Waals surface area contributed by atoms with Gasteiger partial charge in [0.2, 0.25) is 18.6 Å². The molecule has 0 atom stereocenters. The second-order valence-corrected chi connectivity index (χ2v) is 11.8. The monoisotopic (exact) mass is 603 g/mol. The lowest BCUT2D eigenvalue weighted by atomic mass is 10.0. The fraction of sp³-hybridized carbons (Fsp3) is 0.429. The molecule has 2 amide bonds. The Morgan fingerprint density at radius 2 is 1.59 bits per heavy atom. The maximum atomic E-state index is 13.7. The standard InChI is InChI=1S/C35H42FN3O5/c1-25(2)38-22-29-18-26(8-13-31(29)42-17-5-3-4-16-37-34(40)23-38)10-15-35(41)39(20-27-6-11-30(36)12-7-27)21-28-9-14-32-33(19-28)44-24-43-32/h6-9,11-14,18-19,25H,3-5,10,15-17,20-24H2,1-2H3,(H,37,40). The van der Waals surface area contributed by atoms with Crippen molar-refractivity contribution < 1.29 is 28.2 Å². The molecule has 3 aromatic carbocycles. The van der Waals surface area contributed by atoms with E-state index < -0.39 is 0 Å². The van der Waals surface area contributed by atoms with Crippen LogP contribution in [0.2, 0.25) is 0 Å². The molecule has 0 radical (unpaired) electrons. The molecular weight excluding hydrogens is 561 g/mol. The first-order chi connectivity index (χ1) is 21.3. The Bertz CT molecular complexity index is 1430. The highest BCUT2D eigenvalue weighted by Crippen LogP contribution is 2.33. The van der Waals surface area contributed by atoms with Gasteiger partial charge >= 0.3 is 0 Å². The number of nitrogens with one attached hydrogen (secondary N) is 1. The molecule has 2 aliphatic heterocycles. The third-order valence-electron chi connectivity index (χ3n) is 8.05. The second kappa shape index (κ2) is 15.1. The van der Waals surface area contributed by atoms with Gasteiger partial charge in [0.15, 0.2) is 11.5 Å². The van der Waals surface area contributed by atoms with Gasteiger partial charge in [-0.1, -0.05) is 30.3 Å². The van der Waals surface area contributed by atoms with Gasteiger partial charge in [0, 0.05) is 44.2 Å². The van der Waals surface area contributed by atoms with Crippen molar-refractivity contribution in [2.45, 2.75) is 71.6 Å². The van der Waals surface area contributed by atoms with Crippen LogP contribution >= 0.6 is 0 Å². The number of benzene rings is 3. The van der Waals surface area contributed by atoms with Crippen LogP contribution in [0.1, 0.15) is 61.8 Å². The van der Waals surface area contributed by atoms with E-state index in [-0.39, 0.29) is 30.5 Å².